The number of carbonyl (C=O) groups excluding carboxylic acids is 2. The van der Waals surface area contributed by atoms with E-state index in [-0.39, 0.29) is 11.4 Å². The van der Waals surface area contributed by atoms with E-state index in [0.717, 1.165) is 5.56 Å². The summed E-state index contributed by atoms with van der Waals surface area (Å²) in [6.07, 6.45) is 0. The van der Waals surface area contributed by atoms with Gasteiger partial charge in [-0.15, -0.1) is 0 Å². The predicted octanol–water partition coefficient (Wildman–Crippen LogP) is 2.68. The smallest absolute Gasteiger partial charge is 0.304 e. The van der Waals surface area contributed by atoms with Gasteiger partial charge in [0.2, 0.25) is 0 Å². The van der Waals surface area contributed by atoms with Crippen LogP contribution in [-0.2, 0) is 0 Å². The second-order valence-corrected chi connectivity index (χ2v) is 5.05. The first-order valence-electron chi connectivity index (χ1n) is 7.36. The van der Waals surface area contributed by atoms with Crippen molar-refractivity contribution < 1.29 is 14.0 Å². The Balaban J connectivity index is 1.57. The summed E-state index contributed by atoms with van der Waals surface area (Å²) in [6.45, 7) is 0. The van der Waals surface area contributed by atoms with Crippen molar-refractivity contribution in [2.24, 2.45) is 0 Å². The number of nitrogens with one attached hydrogen (secondary N) is 4. The number of hydrogen-bond acceptors (Lipinski definition) is 3. The van der Waals surface area contributed by atoms with Crippen LogP contribution < -0.4 is 16.2 Å². The van der Waals surface area contributed by atoms with Crippen molar-refractivity contribution in [2.45, 2.75) is 0 Å². The molecule has 2 aromatic carbocycles. The molecule has 0 radical (unpaired) electrons. The number of carbonyl (C=O) groups is 2. The van der Waals surface area contributed by atoms with Crippen LogP contribution in [0, 0.1) is 5.82 Å². The van der Waals surface area contributed by atoms with E-state index in [0.29, 0.717) is 5.69 Å². The third-order valence-corrected chi connectivity index (χ3v) is 3.30. The first-order valence-corrected chi connectivity index (χ1v) is 7.36. The number of amides is 3. The van der Waals surface area contributed by atoms with Gasteiger partial charge in [-0.2, -0.15) is 5.10 Å². The Kier molecular flexibility index (Phi) is 4.70. The fourth-order valence-corrected chi connectivity index (χ4v) is 2.09. The highest BCUT2D eigenvalue weighted by Crippen LogP contribution is 2.16. The fraction of sp³-hybridized carbons (Fsp3) is 0. The molecule has 0 bridgehead atoms. The average molecular weight is 339 g/mol. The molecular weight excluding hydrogens is 325 g/mol. The molecule has 0 fully saturated rings. The molecule has 8 heteroatoms. The zero-order valence-corrected chi connectivity index (χ0v) is 12.9. The van der Waals surface area contributed by atoms with Gasteiger partial charge in [-0.3, -0.25) is 15.3 Å². The van der Waals surface area contributed by atoms with Gasteiger partial charge in [0, 0.05) is 5.56 Å². The van der Waals surface area contributed by atoms with E-state index < -0.39 is 17.8 Å². The highest BCUT2D eigenvalue weighted by Gasteiger charge is 2.12. The number of nitrogens with zero attached hydrogens (tertiary/aromatic N) is 1. The van der Waals surface area contributed by atoms with Gasteiger partial charge in [0.05, 0.1) is 11.4 Å². The van der Waals surface area contributed by atoms with Crippen molar-refractivity contribution in [3.8, 4) is 11.3 Å². The molecule has 0 saturated heterocycles. The zero-order chi connectivity index (χ0) is 17.6. The molecule has 0 aliphatic carbocycles. The SMILES string of the molecule is O=C(NNC(=O)c1cc(-c2ccccc2)n[nH]1)Nc1ccccc1F. The van der Waals surface area contributed by atoms with Gasteiger partial charge in [0.1, 0.15) is 11.5 Å². The number of benzene rings is 2. The summed E-state index contributed by atoms with van der Waals surface area (Å²) in [7, 11) is 0. The topological polar surface area (TPSA) is 98.9 Å². The molecule has 126 valence electrons. The monoisotopic (exact) mass is 339 g/mol. The third kappa shape index (κ3) is 3.99. The van der Waals surface area contributed by atoms with Crippen LogP contribution in [0.5, 0.6) is 0 Å². The Morgan fingerprint density at radius 2 is 1.68 bits per heavy atom. The number of hydrazine groups is 1. The summed E-state index contributed by atoms with van der Waals surface area (Å²) < 4.78 is 13.4. The zero-order valence-electron chi connectivity index (χ0n) is 12.9. The van der Waals surface area contributed by atoms with Crippen LogP contribution >= 0.6 is 0 Å². The van der Waals surface area contributed by atoms with E-state index in [1.54, 1.807) is 12.1 Å². The average Bonchev–Trinajstić information content (AvgIpc) is 3.13. The van der Waals surface area contributed by atoms with Crippen LogP contribution in [0.4, 0.5) is 14.9 Å². The summed E-state index contributed by atoms with van der Waals surface area (Å²) in [4.78, 5) is 23.7. The Labute approximate surface area is 142 Å². The number of hydrogen-bond donors (Lipinski definition) is 4. The number of aromatic amines is 1. The highest BCUT2D eigenvalue weighted by atomic mass is 19.1. The molecule has 3 aromatic rings. The molecule has 3 rings (SSSR count). The molecule has 4 N–H and O–H groups in total. The number of H-pyrrole nitrogens is 1. The third-order valence-electron chi connectivity index (χ3n) is 3.30. The van der Waals surface area contributed by atoms with Gasteiger partial charge < -0.3 is 5.32 Å². The maximum atomic E-state index is 13.4. The van der Waals surface area contributed by atoms with Crippen molar-refractivity contribution in [2.75, 3.05) is 5.32 Å². The fourth-order valence-electron chi connectivity index (χ4n) is 2.09. The van der Waals surface area contributed by atoms with E-state index in [4.69, 9.17) is 0 Å². The molecule has 0 unspecified atom stereocenters. The summed E-state index contributed by atoms with van der Waals surface area (Å²) >= 11 is 0. The predicted molar refractivity (Wildman–Crippen MR) is 90.0 cm³/mol. The van der Waals surface area contributed by atoms with E-state index >= 15 is 0 Å². The van der Waals surface area contributed by atoms with Crippen LogP contribution in [0.25, 0.3) is 11.3 Å². The van der Waals surface area contributed by atoms with E-state index in [2.05, 4.69) is 26.4 Å². The maximum Gasteiger partial charge on any atom is 0.338 e. The van der Waals surface area contributed by atoms with Crippen molar-refractivity contribution in [3.63, 3.8) is 0 Å². The molecule has 7 nitrogen and oxygen atoms in total. The standard InChI is InChI=1S/C17H14FN5O2/c18-12-8-4-5-9-13(12)19-17(25)23-22-16(24)15-10-14(20-21-15)11-6-2-1-3-7-11/h1-10H,(H,20,21)(H,22,24)(H2,19,23,25). The van der Waals surface area contributed by atoms with Gasteiger partial charge in [-0.1, -0.05) is 42.5 Å². The van der Waals surface area contributed by atoms with Gasteiger partial charge >= 0.3 is 6.03 Å². The number of aromatic nitrogens is 2. The summed E-state index contributed by atoms with van der Waals surface area (Å²) in [5.74, 6) is -1.16. The minimum Gasteiger partial charge on any atom is -0.304 e. The number of halogens is 1. The minimum absolute atomic E-state index is 0.00199. The molecule has 25 heavy (non-hydrogen) atoms. The van der Waals surface area contributed by atoms with E-state index in [1.807, 2.05) is 30.3 Å². The molecule has 0 aliphatic rings. The lowest BCUT2D eigenvalue weighted by molar-refractivity contribution is 0.0933. The molecule has 0 aliphatic heterocycles. The lowest BCUT2D eigenvalue weighted by Gasteiger charge is -2.08. The van der Waals surface area contributed by atoms with Crippen LogP contribution in [-0.4, -0.2) is 22.1 Å². The Bertz CT molecular complexity index is 895. The maximum absolute atomic E-state index is 13.4. The van der Waals surface area contributed by atoms with E-state index in [1.165, 1.54) is 18.2 Å². The molecule has 0 spiro atoms. The molecular formula is C17H14FN5O2. The molecule has 1 aromatic heterocycles. The van der Waals surface area contributed by atoms with Crippen LogP contribution in [0.2, 0.25) is 0 Å². The summed E-state index contributed by atoms with van der Waals surface area (Å²) in [5.41, 5.74) is 5.97. The lowest BCUT2D eigenvalue weighted by Crippen LogP contribution is -2.44. The summed E-state index contributed by atoms with van der Waals surface area (Å²) in [5, 5.41) is 8.93. The van der Waals surface area contributed by atoms with Gasteiger partial charge in [0.25, 0.3) is 5.91 Å². The Morgan fingerprint density at radius 1 is 0.960 bits per heavy atom. The number of rotatable bonds is 3. The number of para-hydroxylation sites is 1. The first-order chi connectivity index (χ1) is 12.1. The van der Waals surface area contributed by atoms with Gasteiger partial charge in [0.15, 0.2) is 0 Å². The largest absolute Gasteiger partial charge is 0.338 e. The van der Waals surface area contributed by atoms with Crippen molar-refractivity contribution >= 4 is 17.6 Å². The van der Waals surface area contributed by atoms with Crippen molar-refractivity contribution in [1.29, 1.82) is 0 Å². The molecule has 1 heterocycles. The second-order valence-electron chi connectivity index (χ2n) is 5.05. The van der Waals surface area contributed by atoms with Crippen LogP contribution in [0.3, 0.4) is 0 Å². The molecule has 3 amide bonds. The first kappa shape index (κ1) is 16.2. The number of anilines is 1. The van der Waals surface area contributed by atoms with Gasteiger partial charge in [-0.05, 0) is 18.2 Å². The molecule has 0 atom stereocenters. The van der Waals surface area contributed by atoms with E-state index in [9.17, 15) is 14.0 Å². The number of urea groups is 1. The Morgan fingerprint density at radius 3 is 2.44 bits per heavy atom. The summed E-state index contributed by atoms with van der Waals surface area (Å²) in [6, 6.07) is 15.8. The lowest BCUT2D eigenvalue weighted by atomic mass is 10.1. The minimum atomic E-state index is -0.777. The van der Waals surface area contributed by atoms with Crippen molar-refractivity contribution in [1.82, 2.24) is 21.0 Å². The molecule has 0 saturated carbocycles. The van der Waals surface area contributed by atoms with Crippen molar-refractivity contribution in [3.05, 3.63) is 72.2 Å². The highest BCUT2D eigenvalue weighted by molar-refractivity contribution is 5.96. The Hall–Kier alpha value is -3.68. The van der Waals surface area contributed by atoms with Crippen LogP contribution in [0.1, 0.15) is 10.5 Å². The van der Waals surface area contributed by atoms with Gasteiger partial charge in [-0.25, -0.2) is 14.6 Å². The second kappa shape index (κ2) is 7.26. The quantitative estimate of drug-likeness (QED) is 0.552. The normalized spacial score (nSPS) is 10.1. The van der Waals surface area contributed by atoms with Crippen LogP contribution in [0.15, 0.2) is 60.7 Å².